The van der Waals surface area contributed by atoms with Gasteiger partial charge in [-0.15, -0.1) is 0 Å². The zero-order valence-corrected chi connectivity index (χ0v) is 18.7. The summed E-state index contributed by atoms with van der Waals surface area (Å²) in [5.41, 5.74) is 11.5. The average molecular weight is 434 g/mol. The second-order valence-electron chi connectivity index (χ2n) is 7.62. The number of hydrogen-bond acceptors (Lipinski definition) is 5. The number of fused-ring (bicyclic) bond motifs is 3. The van der Waals surface area contributed by atoms with E-state index in [0.717, 1.165) is 40.1 Å². The molecular formula is C25H26N2O5. The van der Waals surface area contributed by atoms with Gasteiger partial charge >= 0.3 is 5.97 Å². The second kappa shape index (κ2) is 8.42. The van der Waals surface area contributed by atoms with Crippen LogP contribution in [0.2, 0.25) is 0 Å². The minimum absolute atomic E-state index is 0.252. The zero-order valence-electron chi connectivity index (χ0n) is 18.7. The van der Waals surface area contributed by atoms with Crippen molar-refractivity contribution in [1.29, 1.82) is 0 Å². The Morgan fingerprint density at radius 3 is 2.47 bits per heavy atom. The number of hydrogen-bond donors (Lipinski definition) is 1. The van der Waals surface area contributed by atoms with E-state index >= 15 is 0 Å². The molecule has 0 aliphatic carbocycles. The Hall–Kier alpha value is -3.74. The van der Waals surface area contributed by atoms with Gasteiger partial charge < -0.3 is 24.5 Å². The molecular weight excluding hydrogens is 408 g/mol. The number of aromatic nitrogens is 1. The van der Waals surface area contributed by atoms with Crippen LogP contribution in [0.5, 0.6) is 11.5 Å². The first-order valence-corrected chi connectivity index (χ1v) is 10.5. The number of aryl methyl sites for hydroxylation is 1. The minimum atomic E-state index is -0.520. The molecule has 0 radical (unpaired) electrons. The summed E-state index contributed by atoms with van der Waals surface area (Å²) in [4.78, 5) is 25.0. The van der Waals surface area contributed by atoms with Crippen molar-refractivity contribution in [3.63, 3.8) is 0 Å². The van der Waals surface area contributed by atoms with Crippen molar-refractivity contribution in [2.24, 2.45) is 5.73 Å². The smallest absolute Gasteiger partial charge is 0.340 e. The maximum Gasteiger partial charge on any atom is 0.340 e. The SMILES string of the molecule is CCOC(=O)c1c(-c2cccc(C(N)=O)c2)c(C)n2c1-c1cc(OC)c(OC)cc1CC2. The molecule has 7 heteroatoms. The van der Waals surface area contributed by atoms with Gasteiger partial charge in [0.05, 0.1) is 32.1 Å². The highest BCUT2D eigenvalue weighted by molar-refractivity contribution is 6.06. The van der Waals surface area contributed by atoms with Gasteiger partial charge in [0.25, 0.3) is 0 Å². The van der Waals surface area contributed by atoms with Crippen LogP contribution >= 0.6 is 0 Å². The van der Waals surface area contributed by atoms with Crippen molar-refractivity contribution in [2.45, 2.75) is 26.8 Å². The van der Waals surface area contributed by atoms with Crippen molar-refractivity contribution in [1.82, 2.24) is 4.57 Å². The summed E-state index contributed by atoms with van der Waals surface area (Å²) in [7, 11) is 3.19. The second-order valence-corrected chi connectivity index (χ2v) is 7.62. The first-order valence-electron chi connectivity index (χ1n) is 10.5. The Balaban J connectivity index is 2.04. The van der Waals surface area contributed by atoms with Gasteiger partial charge in [-0.2, -0.15) is 0 Å². The third-order valence-electron chi connectivity index (χ3n) is 5.91. The number of esters is 1. The molecule has 1 aliphatic rings. The van der Waals surface area contributed by atoms with Crippen LogP contribution in [0, 0.1) is 6.92 Å². The van der Waals surface area contributed by atoms with Crippen LogP contribution in [0.3, 0.4) is 0 Å². The number of primary amides is 1. The summed E-state index contributed by atoms with van der Waals surface area (Å²) in [5.74, 6) is 0.306. The van der Waals surface area contributed by atoms with Gasteiger partial charge in [-0.25, -0.2) is 4.79 Å². The summed E-state index contributed by atoms with van der Waals surface area (Å²) in [6.07, 6.45) is 0.779. The highest BCUT2D eigenvalue weighted by Crippen LogP contribution is 2.45. The van der Waals surface area contributed by atoms with E-state index in [4.69, 9.17) is 19.9 Å². The Bertz CT molecular complexity index is 1230. The lowest BCUT2D eigenvalue weighted by molar-refractivity contribution is 0.0528. The molecule has 32 heavy (non-hydrogen) atoms. The predicted octanol–water partition coefficient (Wildman–Crippen LogP) is 3.98. The Labute approximate surface area is 186 Å². The Morgan fingerprint density at radius 2 is 1.81 bits per heavy atom. The fourth-order valence-electron chi connectivity index (χ4n) is 4.46. The normalized spacial score (nSPS) is 12.0. The summed E-state index contributed by atoms with van der Waals surface area (Å²) < 4.78 is 18.6. The number of nitrogens with two attached hydrogens (primary N) is 1. The maximum atomic E-state index is 13.2. The topological polar surface area (TPSA) is 92.8 Å². The Morgan fingerprint density at radius 1 is 1.09 bits per heavy atom. The number of benzene rings is 2. The fourth-order valence-corrected chi connectivity index (χ4v) is 4.46. The van der Waals surface area contributed by atoms with E-state index in [9.17, 15) is 9.59 Å². The number of carbonyl (C=O) groups excluding carboxylic acids is 2. The standard InChI is InChI=1S/C25H26N2O5/c1-5-32-25(29)22-21(16-7-6-8-17(11-16)24(26)28)14(2)27-10-9-15-12-19(30-3)20(31-4)13-18(15)23(22)27/h6-8,11-13H,5,9-10H2,1-4H3,(H2,26,28). The highest BCUT2D eigenvalue weighted by atomic mass is 16.5. The van der Waals surface area contributed by atoms with Crippen molar-refractivity contribution < 1.29 is 23.8 Å². The third kappa shape index (κ3) is 3.39. The van der Waals surface area contributed by atoms with E-state index < -0.39 is 11.9 Å². The molecule has 1 aromatic heterocycles. The largest absolute Gasteiger partial charge is 0.493 e. The molecule has 0 saturated heterocycles. The molecule has 0 bridgehead atoms. The van der Waals surface area contributed by atoms with Crippen molar-refractivity contribution in [2.75, 3.05) is 20.8 Å². The van der Waals surface area contributed by atoms with Crippen LogP contribution in [0.4, 0.5) is 0 Å². The molecule has 0 atom stereocenters. The van der Waals surface area contributed by atoms with Crippen molar-refractivity contribution >= 4 is 11.9 Å². The molecule has 0 spiro atoms. The summed E-state index contributed by atoms with van der Waals surface area (Å²) in [5, 5.41) is 0. The van der Waals surface area contributed by atoms with E-state index in [2.05, 4.69) is 4.57 Å². The van der Waals surface area contributed by atoms with Gasteiger partial charge in [0.15, 0.2) is 11.5 Å². The van der Waals surface area contributed by atoms with Crippen molar-refractivity contribution in [3.8, 4) is 33.9 Å². The quantitative estimate of drug-likeness (QED) is 0.593. The lowest BCUT2D eigenvalue weighted by atomic mass is 9.93. The van der Waals surface area contributed by atoms with E-state index in [1.54, 1.807) is 39.3 Å². The Kier molecular flexibility index (Phi) is 5.65. The number of methoxy groups -OCH3 is 2. The average Bonchev–Trinajstić information content (AvgIpc) is 3.11. The molecule has 1 aliphatic heterocycles. The van der Waals surface area contributed by atoms with E-state index in [0.29, 0.717) is 29.2 Å². The molecule has 166 valence electrons. The molecule has 0 unspecified atom stereocenters. The van der Waals surface area contributed by atoms with Gasteiger partial charge in [-0.05, 0) is 55.7 Å². The number of ether oxygens (including phenoxy) is 3. The van der Waals surface area contributed by atoms with Gasteiger partial charge in [0, 0.05) is 28.9 Å². The van der Waals surface area contributed by atoms with E-state index in [1.165, 1.54) is 0 Å². The minimum Gasteiger partial charge on any atom is -0.493 e. The van der Waals surface area contributed by atoms with Crippen LogP contribution in [-0.4, -0.2) is 37.3 Å². The van der Waals surface area contributed by atoms with Gasteiger partial charge in [-0.3, -0.25) is 4.79 Å². The van der Waals surface area contributed by atoms with Crippen LogP contribution in [0.1, 0.15) is 38.9 Å². The first-order chi connectivity index (χ1) is 15.4. The van der Waals surface area contributed by atoms with Gasteiger partial charge in [0.1, 0.15) is 0 Å². The summed E-state index contributed by atoms with van der Waals surface area (Å²) in [6, 6.07) is 10.9. The van der Waals surface area contributed by atoms with Crippen molar-refractivity contribution in [3.05, 3.63) is 58.8 Å². The first kappa shape index (κ1) is 21.5. The molecule has 2 aromatic carbocycles. The molecule has 0 saturated carbocycles. The summed E-state index contributed by atoms with van der Waals surface area (Å²) in [6.45, 7) is 4.71. The van der Waals surface area contributed by atoms with Crippen LogP contribution in [-0.2, 0) is 17.7 Å². The molecule has 3 aromatic rings. The van der Waals surface area contributed by atoms with Crippen LogP contribution in [0.25, 0.3) is 22.4 Å². The molecule has 2 heterocycles. The molecule has 1 amide bonds. The van der Waals surface area contributed by atoms with Crippen LogP contribution < -0.4 is 15.2 Å². The number of amides is 1. The van der Waals surface area contributed by atoms with Crippen LogP contribution in [0.15, 0.2) is 36.4 Å². The lowest BCUT2D eigenvalue weighted by Crippen LogP contribution is -2.15. The van der Waals surface area contributed by atoms with E-state index in [-0.39, 0.29) is 6.61 Å². The third-order valence-corrected chi connectivity index (χ3v) is 5.91. The summed E-state index contributed by atoms with van der Waals surface area (Å²) >= 11 is 0. The zero-order chi connectivity index (χ0) is 23.0. The van der Waals surface area contributed by atoms with Gasteiger partial charge in [-0.1, -0.05) is 12.1 Å². The van der Waals surface area contributed by atoms with Gasteiger partial charge in [0.2, 0.25) is 5.91 Å². The van der Waals surface area contributed by atoms with E-state index in [1.807, 2.05) is 25.1 Å². The number of nitrogens with zero attached hydrogens (tertiary/aromatic N) is 1. The molecule has 2 N–H and O–H groups in total. The predicted molar refractivity (Wildman–Crippen MR) is 121 cm³/mol. The number of carbonyl (C=O) groups is 2. The fraction of sp³-hybridized carbons (Fsp3) is 0.280. The molecule has 4 rings (SSSR count). The molecule has 7 nitrogen and oxygen atoms in total. The number of rotatable bonds is 6. The lowest BCUT2D eigenvalue weighted by Gasteiger charge is -2.23. The highest BCUT2D eigenvalue weighted by Gasteiger charge is 2.32. The maximum absolute atomic E-state index is 13.2. The monoisotopic (exact) mass is 434 g/mol. The molecule has 0 fully saturated rings.